The predicted molar refractivity (Wildman–Crippen MR) is 113 cm³/mol. The molecule has 32 heavy (non-hydrogen) atoms. The Labute approximate surface area is 188 Å². The second-order valence-corrected chi connectivity index (χ2v) is 9.09. The Balaban J connectivity index is 1.91. The van der Waals surface area contributed by atoms with Gasteiger partial charge in [-0.15, -0.1) is 0 Å². The van der Waals surface area contributed by atoms with Crippen LogP contribution in [-0.2, 0) is 21.0 Å². The maximum absolute atomic E-state index is 13.4. The lowest BCUT2D eigenvalue weighted by atomic mass is 10.1. The van der Waals surface area contributed by atoms with Crippen molar-refractivity contribution in [3.63, 3.8) is 0 Å². The largest absolute Gasteiger partial charge is 0.492 e. The number of nitrogens with one attached hydrogen (secondary N) is 1. The van der Waals surface area contributed by atoms with Gasteiger partial charge < -0.3 is 10.1 Å². The second kappa shape index (κ2) is 10.9. The summed E-state index contributed by atoms with van der Waals surface area (Å²) in [5.74, 6) is -0.407. The van der Waals surface area contributed by atoms with Crippen molar-refractivity contribution in [2.24, 2.45) is 0 Å². The minimum atomic E-state index is -4.81. The van der Waals surface area contributed by atoms with E-state index in [0.717, 1.165) is 18.4 Å². The summed E-state index contributed by atoms with van der Waals surface area (Å²) in [5, 5.41) is 2.37. The van der Waals surface area contributed by atoms with Gasteiger partial charge in [0, 0.05) is 18.0 Å². The van der Waals surface area contributed by atoms with Gasteiger partial charge in [-0.2, -0.15) is 13.2 Å². The van der Waals surface area contributed by atoms with Crippen LogP contribution in [0.4, 0.5) is 23.2 Å². The molecule has 0 bridgehead atoms. The first-order valence-corrected chi connectivity index (χ1v) is 11.6. The number of amides is 1. The molecule has 0 radical (unpaired) electrons. The quantitative estimate of drug-likeness (QED) is 0.394. The van der Waals surface area contributed by atoms with Crippen molar-refractivity contribution < 1.29 is 35.5 Å². The van der Waals surface area contributed by atoms with Gasteiger partial charge in [0.05, 0.1) is 24.1 Å². The molecule has 2 aromatic carbocycles. The van der Waals surface area contributed by atoms with Gasteiger partial charge in [-0.05, 0) is 48.9 Å². The first-order chi connectivity index (χ1) is 14.9. The number of hydrogen-bond donors (Lipinski definition) is 1. The standard InChI is InChI=1S/C20H21ClF4N2O4S/c1-32(29,30)27(18-9-4-14(21)13-17(18)20(23,24)25)11-2-3-19(28)26-10-12-31-16-7-5-15(22)6-8-16/h4-9,13H,2-3,10-12H2,1H3,(H,26,28). The van der Waals surface area contributed by atoms with E-state index in [2.05, 4.69) is 5.32 Å². The summed E-state index contributed by atoms with van der Waals surface area (Å²) < 4.78 is 83.1. The van der Waals surface area contributed by atoms with Crippen LogP contribution >= 0.6 is 11.6 Å². The molecule has 0 saturated heterocycles. The van der Waals surface area contributed by atoms with E-state index in [4.69, 9.17) is 16.3 Å². The molecule has 1 amide bonds. The molecule has 2 aromatic rings. The Bertz CT molecular complexity index is 1030. The van der Waals surface area contributed by atoms with Crippen molar-refractivity contribution in [1.82, 2.24) is 5.32 Å². The Kier molecular flexibility index (Phi) is 8.73. The lowest BCUT2D eigenvalue weighted by Crippen LogP contribution is -2.34. The smallest absolute Gasteiger partial charge is 0.418 e. The fourth-order valence-electron chi connectivity index (χ4n) is 2.78. The molecule has 0 unspecified atom stereocenters. The normalized spacial score (nSPS) is 11.8. The van der Waals surface area contributed by atoms with E-state index in [0.29, 0.717) is 16.1 Å². The number of carbonyl (C=O) groups is 1. The van der Waals surface area contributed by atoms with E-state index in [1.807, 2.05) is 0 Å². The minimum absolute atomic E-state index is 0.0162. The zero-order valence-corrected chi connectivity index (χ0v) is 18.5. The number of carbonyl (C=O) groups excluding carboxylic acids is 1. The molecule has 0 fully saturated rings. The lowest BCUT2D eigenvalue weighted by molar-refractivity contribution is -0.137. The van der Waals surface area contributed by atoms with Crippen molar-refractivity contribution in [1.29, 1.82) is 0 Å². The molecule has 0 aliphatic heterocycles. The van der Waals surface area contributed by atoms with Crippen LogP contribution in [-0.4, -0.2) is 40.3 Å². The van der Waals surface area contributed by atoms with Gasteiger partial charge in [0.1, 0.15) is 18.2 Å². The highest BCUT2D eigenvalue weighted by Gasteiger charge is 2.36. The molecule has 2 rings (SSSR count). The second-order valence-electron chi connectivity index (χ2n) is 6.75. The van der Waals surface area contributed by atoms with Gasteiger partial charge in [0.15, 0.2) is 0 Å². The fourth-order valence-corrected chi connectivity index (χ4v) is 3.93. The average Bonchev–Trinajstić information content (AvgIpc) is 2.69. The Morgan fingerprint density at radius 2 is 1.81 bits per heavy atom. The van der Waals surface area contributed by atoms with Gasteiger partial charge in [-0.3, -0.25) is 9.10 Å². The maximum Gasteiger partial charge on any atom is 0.418 e. The number of sulfonamides is 1. The van der Waals surface area contributed by atoms with Crippen LogP contribution in [0.3, 0.4) is 0 Å². The number of ether oxygens (including phenoxy) is 1. The Morgan fingerprint density at radius 1 is 1.16 bits per heavy atom. The molecule has 12 heteroatoms. The molecule has 0 saturated carbocycles. The average molecular weight is 497 g/mol. The fraction of sp³-hybridized carbons (Fsp3) is 0.350. The number of alkyl halides is 3. The molecule has 6 nitrogen and oxygen atoms in total. The molecule has 0 spiro atoms. The number of hydrogen-bond acceptors (Lipinski definition) is 4. The van der Waals surface area contributed by atoms with Gasteiger partial charge in [-0.25, -0.2) is 12.8 Å². The summed E-state index contributed by atoms with van der Waals surface area (Å²) in [5.41, 5.74) is -1.74. The minimum Gasteiger partial charge on any atom is -0.492 e. The summed E-state index contributed by atoms with van der Waals surface area (Å²) in [6, 6.07) is 8.13. The SMILES string of the molecule is CS(=O)(=O)N(CCCC(=O)NCCOc1ccc(F)cc1)c1ccc(Cl)cc1C(F)(F)F. The summed E-state index contributed by atoms with van der Waals surface area (Å²) in [4.78, 5) is 12.0. The van der Waals surface area contributed by atoms with Crippen LogP contribution in [0.15, 0.2) is 42.5 Å². The third-order valence-corrected chi connectivity index (χ3v) is 5.62. The van der Waals surface area contributed by atoms with Crippen LogP contribution in [0.25, 0.3) is 0 Å². The molecule has 0 aliphatic rings. The zero-order chi connectivity index (χ0) is 23.9. The van der Waals surface area contributed by atoms with Crippen molar-refractivity contribution in [3.8, 4) is 5.75 Å². The summed E-state index contributed by atoms with van der Waals surface area (Å²) in [7, 11) is -4.05. The van der Waals surface area contributed by atoms with Gasteiger partial charge in [-0.1, -0.05) is 11.6 Å². The molecule has 0 aliphatic carbocycles. The van der Waals surface area contributed by atoms with Gasteiger partial charge in [0.2, 0.25) is 15.9 Å². The number of rotatable bonds is 10. The summed E-state index contributed by atoms with van der Waals surface area (Å²) in [6.07, 6.45) is -4.16. The van der Waals surface area contributed by atoms with Gasteiger partial charge >= 0.3 is 6.18 Å². The number of halogens is 5. The van der Waals surface area contributed by atoms with E-state index >= 15 is 0 Å². The first kappa shape index (κ1) is 25.7. The topological polar surface area (TPSA) is 75.7 Å². The van der Waals surface area contributed by atoms with Crippen LogP contribution in [0, 0.1) is 5.82 Å². The number of nitrogens with zero attached hydrogens (tertiary/aromatic N) is 1. The van der Waals surface area contributed by atoms with Crippen LogP contribution in [0.1, 0.15) is 18.4 Å². The van der Waals surface area contributed by atoms with Crippen LogP contribution < -0.4 is 14.4 Å². The molecular formula is C20H21ClF4N2O4S. The third kappa shape index (κ3) is 7.86. The molecule has 176 valence electrons. The van der Waals surface area contributed by atoms with E-state index in [9.17, 15) is 30.8 Å². The van der Waals surface area contributed by atoms with Crippen molar-refractivity contribution in [2.45, 2.75) is 19.0 Å². The first-order valence-electron chi connectivity index (χ1n) is 9.37. The highest BCUT2D eigenvalue weighted by atomic mass is 35.5. The highest BCUT2D eigenvalue weighted by molar-refractivity contribution is 7.92. The van der Waals surface area contributed by atoms with Crippen molar-refractivity contribution >= 4 is 33.2 Å². The zero-order valence-electron chi connectivity index (χ0n) is 17.0. The van der Waals surface area contributed by atoms with Crippen molar-refractivity contribution in [2.75, 3.05) is 30.3 Å². The maximum atomic E-state index is 13.4. The van der Waals surface area contributed by atoms with Gasteiger partial charge in [0.25, 0.3) is 0 Å². The highest BCUT2D eigenvalue weighted by Crippen LogP contribution is 2.39. The monoisotopic (exact) mass is 496 g/mol. The molecule has 0 heterocycles. The molecule has 0 atom stereocenters. The van der Waals surface area contributed by atoms with Crippen molar-refractivity contribution in [3.05, 3.63) is 58.9 Å². The number of benzene rings is 2. The van der Waals surface area contributed by atoms with E-state index in [1.165, 1.54) is 24.3 Å². The number of anilines is 1. The summed E-state index contributed by atoms with van der Waals surface area (Å²) in [6.45, 7) is -0.0724. The van der Waals surface area contributed by atoms with E-state index in [-0.39, 0.29) is 37.6 Å². The molecule has 1 N–H and O–H groups in total. The summed E-state index contributed by atoms with van der Waals surface area (Å²) >= 11 is 5.65. The predicted octanol–water partition coefficient (Wildman–Crippen LogP) is 4.24. The van der Waals surface area contributed by atoms with Crippen LogP contribution in [0.5, 0.6) is 5.75 Å². The third-order valence-electron chi connectivity index (χ3n) is 4.20. The Morgan fingerprint density at radius 3 is 2.41 bits per heavy atom. The molecular weight excluding hydrogens is 476 g/mol. The van der Waals surface area contributed by atoms with Crippen LogP contribution in [0.2, 0.25) is 5.02 Å². The Hall–Kier alpha value is -2.53. The lowest BCUT2D eigenvalue weighted by Gasteiger charge is -2.25. The molecule has 0 aromatic heterocycles. The van der Waals surface area contributed by atoms with E-state index < -0.39 is 39.2 Å². The van der Waals surface area contributed by atoms with E-state index in [1.54, 1.807) is 0 Å².